The highest BCUT2D eigenvalue weighted by atomic mass is 79.9. The highest BCUT2D eigenvalue weighted by Crippen LogP contribution is 2.26. The number of aryl methyl sites for hydroxylation is 1. The van der Waals surface area contributed by atoms with Gasteiger partial charge in [-0.1, -0.05) is 19.1 Å². The van der Waals surface area contributed by atoms with Crippen LogP contribution in [0, 0.1) is 5.92 Å². The molecule has 90 valence electrons. The molecule has 1 N–H and O–H groups in total. The molecule has 1 atom stereocenters. The third-order valence-corrected chi connectivity index (χ3v) is 3.60. The molecule has 2 aromatic rings. The summed E-state index contributed by atoms with van der Waals surface area (Å²) in [7, 11) is 1.98. The largest absolute Gasteiger partial charge is 0.481 e. The van der Waals surface area contributed by atoms with E-state index in [9.17, 15) is 4.79 Å². The molecular formula is C13H14BrNO2. The van der Waals surface area contributed by atoms with E-state index in [-0.39, 0.29) is 5.92 Å². The zero-order valence-electron chi connectivity index (χ0n) is 9.77. The van der Waals surface area contributed by atoms with Crippen LogP contribution in [0.25, 0.3) is 10.9 Å². The van der Waals surface area contributed by atoms with Crippen molar-refractivity contribution in [1.82, 2.24) is 4.57 Å². The van der Waals surface area contributed by atoms with Crippen molar-refractivity contribution >= 4 is 32.8 Å². The maximum Gasteiger partial charge on any atom is 0.306 e. The number of carboxylic acids is 1. The number of benzene rings is 1. The third kappa shape index (κ3) is 2.36. The lowest BCUT2D eigenvalue weighted by Gasteiger charge is -2.07. The van der Waals surface area contributed by atoms with E-state index in [0.717, 1.165) is 20.9 Å². The molecule has 17 heavy (non-hydrogen) atoms. The minimum absolute atomic E-state index is 0.351. The number of aromatic nitrogens is 1. The molecule has 0 saturated carbocycles. The average Bonchev–Trinajstić information content (AvgIpc) is 2.54. The average molecular weight is 296 g/mol. The molecule has 1 heterocycles. The van der Waals surface area contributed by atoms with Crippen LogP contribution in [0.4, 0.5) is 0 Å². The second-order valence-electron chi connectivity index (χ2n) is 4.38. The van der Waals surface area contributed by atoms with E-state index in [1.807, 2.05) is 29.9 Å². The fraction of sp³-hybridized carbons (Fsp3) is 0.308. The molecular weight excluding hydrogens is 282 g/mol. The Morgan fingerprint density at radius 3 is 2.88 bits per heavy atom. The predicted molar refractivity (Wildman–Crippen MR) is 71.1 cm³/mol. The molecule has 0 aliphatic carbocycles. The number of fused-ring (bicyclic) bond motifs is 1. The van der Waals surface area contributed by atoms with Gasteiger partial charge >= 0.3 is 5.97 Å². The monoisotopic (exact) mass is 295 g/mol. The molecule has 1 aromatic heterocycles. The molecule has 4 heteroatoms. The van der Waals surface area contributed by atoms with Gasteiger partial charge in [-0.3, -0.25) is 4.79 Å². The Morgan fingerprint density at radius 1 is 1.53 bits per heavy atom. The number of hydrogen-bond acceptors (Lipinski definition) is 1. The van der Waals surface area contributed by atoms with E-state index in [4.69, 9.17) is 5.11 Å². The van der Waals surface area contributed by atoms with Crippen LogP contribution in [0.5, 0.6) is 0 Å². The summed E-state index contributed by atoms with van der Waals surface area (Å²) >= 11 is 3.50. The lowest BCUT2D eigenvalue weighted by atomic mass is 10.0. The molecule has 0 radical (unpaired) electrons. The Labute approximate surface area is 108 Å². The van der Waals surface area contributed by atoms with E-state index >= 15 is 0 Å². The lowest BCUT2D eigenvalue weighted by Crippen LogP contribution is -2.12. The third-order valence-electron chi connectivity index (χ3n) is 2.97. The van der Waals surface area contributed by atoms with Crippen LogP contribution >= 0.6 is 15.9 Å². The Balaban J connectivity index is 2.38. The van der Waals surface area contributed by atoms with Crippen molar-refractivity contribution < 1.29 is 9.90 Å². The van der Waals surface area contributed by atoms with Gasteiger partial charge in [-0.2, -0.15) is 0 Å². The van der Waals surface area contributed by atoms with Gasteiger partial charge in [0.2, 0.25) is 0 Å². The summed E-state index contributed by atoms with van der Waals surface area (Å²) in [5, 5.41) is 10.1. The minimum atomic E-state index is -0.752. The lowest BCUT2D eigenvalue weighted by molar-refractivity contribution is -0.141. The normalized spacial score (nSPS) is 12.9. The van der Waals surface area contributed by atoms with E-state index in [2.05, 4.69) is 22.0 Å². The fourth-order valence-corrected chi connectivity index (χ4v) is 2.59. The van der Waals surface area contributed by atoms with Gasteiger partial charge in [0.1, 0.15) is 0 Å². The maximum atomic E-state index is 10.8. The topological polar surface area (TPSA) is 42.2 Å². The Morgan fingerprint density at radius 2 is 2.24 bits per heavy atom. The first-order valence-electron chi connectivity index (χ1n) is 5.45. The number of carbonyl (C=O) groups is 1. The summed E-state index contributed by atoms with van der Waals surface area (Å²) < 4.78 is 3.10. The highest BCUT2D eigenvalue weighted by molar-refractivity contribution is 9.10. The van der Waals surface area contributed by atoms with Crippen molar-refractivity contribution in [2.75, 3.05) is 0 Å². The summed E-state index contributed by atoms with van der Waals surface area (Å²) in [5.41, 5.74) is 2.17. The molecule has 3 nitrogen and oxygen atoms in total. The van der Waals surface area contributed by atoms with Gasteiger partial charge in [-0.15, -0.1) is 0 Å². The van der Waals surface area contributed by atoms with E-state index in [1.165, 1.54) is 0 Å². The molecule has 2 rings (SSSR count). The van der Waals surface area contributed by atoms with Gasteiger partial charge in [0.05, 0.1) is 5.92 Å². The van der Waals surface area contributed by atoms with Gasteiger partial charge < -0.3 is 9.67 Å². The quantitative estimate of drug-likeness (QED) is 0.945. The van der Waals surface area contributed by atoms with Crippen LogP contribution in [0.15, 0.2) is 28.9 Å². The number of rotatable bonds is 3. The van der Waals surface area contributed by atoms with Gasteiger partial charge in [-0.05, 0) is 34.0 Å². The number of carboxylic acid groups (broad SMARTS) is 1. The first-order valence-corrected chi connectivity index (χ1v) is 6.24. The smallest absolute Gasteiger partial charge is 0.306 e. The van der Waals surface area contributed by atoms with Crippen LogP contribution < -0.4 is 0 Å². The second kappa shape index (κ2) is 4.53. The van der Waals surface area contributed by atoms with Crippen molar-refractivity contribution in [1.29, 1.82) is 0 Å². The molecule has 0 fully saturated rings. The first kappa shape index (κ1) is 12.2. The van der Waals surface area contributed by atoms with Crippen molar-refractivity contribution in [3.63, 3.8) is 0 Å². The Hall–Kier alpha value is -1.29. The molecule has 1 unspecified atom stereocenters. The van der Waals surface area contributed by atoms with Gasteiger partial charge in [0, 0.05) is 28.6 Å². The molecule has 0 amide bonds. The zero-order chi connectivity index (χ0) is 12.6. The SMILES string of the molecule is CC(Cc1ccc2c(Br)cn(C)c2c1)C(=O)O. The molecule has 0 bridgehead atoms. The van der Waals surface area contributed by atoms with E-state index in [0.29, 0.717) is 6.42 Å². The zero-order valence-corrected chi connectivity index (χ0v) is 11.4. The molecule has 1 aromatic carbocycles. The number of hydrogen-bond donors (Lipinski definition) is 1. The summed E-state index contributed by atoms with van der Waals surface area (Å²) in [6, 6.07) is 6.08. The van der Waals surface area contributed by atoms with Crippen LogP contribution in [0.1, 0.15) is 12.5 Å². The van der Waals surface area contributed by atoms with Gasteiger partial charge in [0.15, 0.2) is 0 Å². The number of aliphatic carboxylic acids is 1. The standard InChI is InChI=1S/C13H14BrNO2/c1-8(13(16)17)5-9-3-4-10-11(14)7-15(2)12(10)6-9/h3-4,6-8H,5H2,1-2H3,(H,16,17). The Bertz CT molecular complexity index is 574. The van der Waals surface area contributed by atoms with E-state index in [1.54, 1.807) is 6.92 Å². The maximum absolute atomic E-state index is 10.8. The summed E-state index contributed by atoms with van der Waals surface area (Å²) in [4.78, 5) is 10.8. The van der Waals surface area contributed by atoms with Crippen LogP contribution in [-0.4, -0.2) is 15.6 Å². The van der Waals surface area contributed by atoms with Crippen LogP contribution in [-0.2, 0) is 18.3 Å². The van der Waals surface area contributed by atoms with Gasteiger partial charge in [-0.25, -0.2) is 0 Å². The molecule has 0 saturated heterocycles. The number of halogens is 1. The summed E-state index contributed by atoms with van der Waals surface area (Å²) in [5.74, 6) is -1.10. The highest BCUT2D eigenvalue weighted by Gasteiger charge is 2.12. The van der Waals surface area contributed by atoms with Crippen molar-refractivity contribution in [3.05, 3.63) is 34.4 Å². The van der Waals surface area contributed by atoms with Crippen molar-refractivity contribution in [2.24, 2.45) is 13.0 Å². The number of nitrogens with zero attached hydrogens (tertiary/aromatic N) is 1. The fourth-order valence-electron chi connectivity index (χ4n) is 1.95. The second-order valence-corrected chi connectivity index (χ2v) is 5.24. The van der Waals surface area contributed by atoms with E-state index < -0.39 is 5.97 Å². The van der Waals surface area contributed by atoms with Crippen LogP contribution in [0.3, 0.4) is 0 Å². The predicted octanol–water partition coefficient (Wildman–Crippen LogP) is 3.20. The first-order chi connectivity index (χ1) is 7.99. The summed E-state index contributed by atoms with van der Waals surface area (Å²) in [6.45, 7) is 1.73. The Kier molecular flexibility index (Phi) is 3.24. The van der Waals surface area contributed by atoms with Crippen LogP contribution in [0.2, 0.25) is 0 Å². The minimum Gasteiger partial charge on any atom is -0.481 e. The summed E-state index contributed by atoms with van der Waals surface area (Å²) in [6.07, 6.45) is 2.57. The van der Waals surface area contributed by atoms with Crippen molar-refractivity contribution in [2.45, 2.75) is 13.3 Å². The molecule has 0 aliphatic heterocycles. The molecule has 0 spiro atoms. The van der Waals surface area contributed by atoms with Crippen molar-refractivity contribution in [3.8, 4) is 0 Å². The molecule has 0 aliphatic rings. The van der Waals surface area contributed by atoms with Gasteiger partial charge in [0.25, 0.3) is 0 Å².